The average Bonchev–Trinajstić information content (AvgIpc) is 2.55. The molecular formula is C9H11N3. The summed E-state index contributed by atoms with van der Waals surface area (Å²) in [5, 5.41) is 0. The molecule has 1 aromatic carbocycles. The molecule has 2 bridgehead atoms. The van der Waals surface area contributed by atoms with E-state index in [0.717, 1.165) is 6.67 Å². The van der Waals surface area contributed by atoms with Crippen LogP contribution in [0.5, 0.6) is 0 Å². The summed E-state index contributed by atoms with van der Waals surface area (Å²) in [5.41, 5.74) is 8.33. The molecule has 12 heavy (non-hydrogen) atoms. The van der Waals surface area contributed by atoms with Crippen LogP contribution in [0.1, 0.15) is 0 Å². The maximum absolute atomic E-state index is 5.65. The Morgan fingerprint density at radius 1 is 1.25 bits per heavy atom. The molecule has 1 saturated heterocycles. The van der Waals surface area contributed by atoms with E-state index in [1.165, 1.54) is 11.4 Å². The van der Waals surface area contributed by atoms with E-state index in [9.17, 15) is 0 Å². The van der Waals surface area contributed by atoms with Crippen molar-refractivity contribution >= 4 is 11.4 Å². The largest absolute Gasteiger partial charge is 0.330 e. The van der Waals surface area contributed by atoms with Gasteiger partial charge in [-0.2, -0.15) is 0 Å². The second kappa shape index (κ2) is 1.93. The van der Waals surface area contributed by atoms with Gasteiger partial charge in [-0.1, -0.05) is 12.1 Å². The van der Waals surface area contributed by atoms with E-state index >= 15 is 0 Å². The van der Waals surface area contributed by atoms with Crippen molar-refractivity contribution in [1.82, 2.24) is 0 Å². The molecule has 3 heteroatoms. The van der Waals surface area contributed by atoms with Gasteiger partial charge < -0.3 is 15.5 Å². The summed E-state index contributed by atoms with van der Waals surface area (Å²) in [6, 6.07) is 8.47. The first-order valence-corrected chi connectivity index (χ1v) is 4.24. The fourth-order valence-electron chi connectivity index (χ4n) is 2.10. The van der Waals surface area contributed by atoms with Crippen molar-refractivity contribution in [2.45, 2.75) is 6.17 Å². The van der Waals surface area contributed by atoms with Gasteiger partial charge in [-0.25, -0.2) is 0 Å². The van der Waals surface area contributed by atoms with E-state index in [0.29, 0.717) is 12.7 Å². The Morgan fingerprint density at radius 2 is 1.83 bits per heavy atom. The van der Waals surface area contributed by atoms with Gasteiger partial charge in [0.25, 0.3) is 0 Å². The van der Waals surface area contributed by atoms with Crippen LogP contribution in [0.15, 0.2) is 24.3 Å². The van der Waals surface area contributed by atoms with Crippen LogP contribution in [0.25, 0.3) is 0 Å². The molecule has 1 fully saturated rings. The molecular weight excluding hydrogens is 150 g/mol. The lowest BCUT2D eigenvalue weighted by molar-refractivity contribution is 0.489. The van der Waals surface area contributed by atoms with E-state index in [1.807, 2.05) is 0 Å². The molecule has 3 aliphatic heterocycles. The van der Waals surface area contributed by atoms with E-state index < -0.39 is 0 Å². The molecule has 0 atom stereocenters. The number of hydrogen-bond donors (Lipinski definition) is 1. The number of anilines is 2. The van der Waals surface area contributed by atoms with Crippen molar-refractivity contribution < 1.29 is 0 Å². The summed E-state index contributed by atoms with van der Waals surface area (Å²) in [4.78, 5) is 4.69. The summed E-state index contributed by atoms with van der Waals surface area (Å²) < 4.78 is 0. The number of benzene rings is 1. The van der Waals surface area contributed by atoms with Crippen LogP contribution in [0, 0.1) is 0 Å². The fraction of sp³-hybridized carbons (Fsp3) is 0.333. The smallest absolute Gasteiger partial charge is 0.117 e. The second-order valence-corrected chi connectivity index (χ2v) is 3.29. The third-order valence-electron chi connectivity index (χ3n) is 2.74. The lowest BCUT2D eigenvalue weighted by Gasteiger charge is -2.43. The van der Waals surface area contributed by atoms with Gasteiger partial charge in [0.2, 0.25) is 0 Å². The van der Waals surface area contributed by atoms with Crippen molar-refractivity contribution in [3.63, 3.8) is 0 Å². The highest BCUT2D eigenvalue weighted by Gasteiger charge is 2.44. The van der Waals surface area contributed by atoms with Gasteiger partial charge in [0.15, 0.2) is 0 Å². The van der Waals surface area contributed by atoms with Crippen LogP contribution in [-0.2, 0) is 0 Å². The Morgan fingerprint density at radius 3 is 2.33 bits per heavy atom. The number of rotatable bonds is 1. The SMILES string of the molecule is NCC1N2CN1c1ccccc12. The van der Waals surface area contributed by atoms with Crippen molar-refractivity contribution in [3.8, 4) is 0 Å². The molecule has 1 aromatic rings. The summed E-state index contributed by atoms with van der Waals surface area (Å²) in [6.45, 7) is 1.75. The standard InChI is InChI=1S/C9H11N3/c10-5-9-11-6-12(9)8-4-2-1-3-7(8)11/h1-4,9H,5-6,10H2. The van der Waals surface area contributed by atoms with Crippen LogP contribution in [0.2, 0.25) is 0 Å². The van der Waals surface area contributed by atoms with Gasteiger partial charge in [-0.3, -0.25) is 0 Å². The number of nitrogens with two attached hydrogens (primary N) is 1. The topological polar surface area (TPSA) is 32.5 Å². The summed E-state index contributed by atoms with van der Waals surface area (Å²) >= 11 is 0. The first-order valence-electron chi connectivity index (χ1n) is 4.24. The Labute approximate surface area is 71.4 Å². The van der Waals surface area contributed by atoms with Crippen molar-refractivity contribution in [2.75, 3.05) is 23.0 Å². The number of para-hydroxylation sites is 2. The maximum atomic E-state index is 5.65. The zero-order chi connectivity index (χ0) is 8.13. The van der Waals surface area contributed by atoms with Gasteiger partial charge >= 0.3 is 0 Å². The van der Waals surface area contributed by atoms with E-state index in [-0.39, 0.29) is 0 Å². The zero-order valence-electron chi connectivity index (χ0n) is 6.77. The molecule has 0 aromatic heterocycles. The van der Waals surface area contributed by atoms with Gasteiger partial charge in [0, 0.05) is 6.54 Å². The molecule has 0 unspecified atom stereocenters. The van der Waals surface area contributed by atoms with Crippen LogP contribution in [0.3, 0.4) is 0 Å². The molecule has 4 rings (SSSR count). The fourth-order valence-corrected chi connectivity index (χ4v) is 2.10. The summed E-state index contributed by atoms with van der Waals surface area (Å²) in [6.07, 6.45) is 0.433. The molecule has 0 spiro atoms. The minimum Gasteiger partial charge on any atom is -0.330 e. The summed E-state index contributed by atoms with van der Waals surface area (Å²) in [7, 11) is 0. The molecule has 0 radical (unpaired) electrons. The lowest BCUT2D eigenvalue weighted by Crippen LogP contribution is -2.62. The first kappa shape index (κ1) is 6.31. The number of nitrogens with zero attached hydrogens (tertiary/aromatic N) is 2. The Bertz CT molecular complexity index is 294. The monoisotopic (exact) mass is 161 g/mol. The highest BCUT2D eigenvalue weighted by molar-refractivity contribution is 5.83. The van der Waals surface area contributed by atoms with Crippen molar-refractivity contribution in [1.29, 1.82) is 0 Å². The van der Waals surface area contributed by atoms with Crippen LogP contribution >= 0.6 is 0 Å². The molecule has 0 aliphatic carbocycles. The predicted molar refractivity (Wildman–Crippen MR) is 49.1 cm³/mol. The normalized spacial score (nSPS) is 19.4. The molecule has 3 aliphatic rings. The van der Waals surface area contributed by atoms with Gasteiger partial charge in [-0.05, 0) is 12.1 Å². The minimum atomic E-state index is 0.433. The molecule has 3 heterocycles. The van der Waals surface area contributed by atoms with Crippen LogP contribution in [-0.4, -0.2) is 19.4 Å². The Balaban J connectivity index is 2.09. The molecule has 2 N–H and O–H groups in total. The Hall–Kier alpha value is -1.22. The first-order chi connectivity index (χ1) is 5.92. The lowest BCUT2D eigenvalue weighted by atomic mass is 10.3. The molecule has 0 amide bonds. The molecule has 3 nitrogen and oxygen atoms in total. The Kier molecular flexibility index (Phi) is 1.01. The van der Waals surface area contributed by atoms with Gasteiger partial charge in [-0.15, -0.1) is 0 Å². The molecule has 62 valence electrons. The van der Waals surface area contributed by atoms with E-state index in [2.05, 4.69) is 34.1 Å². The third kappa shape index (κ3) is 0.526. The van der Waals surface area contributed by atoms with Gasteiger partial charge in [0.1, 0.15) is 6.17 Å². The van der Waals surface area contributed by atoms with E-state index in [4.69, 9.17) is 5.73 Å². The minimum absolute atomic E-state index is 0.433. The third-order valence-corrected chi connectivity index (χ3v) is 2.74. The van der Waals surface area contributed by atoms with Crippen LogP contribution < -0.4 is 15.5 Å². The van der Waals surface area contributed by atoms with Crippen molar-refractivity contribution in [2.24, 2.45) is 5.73 Å². The highest BCUT2D eigenvalue weighted by Crippen LogP contribution is 2.45. The highest BCUT2D eigenvalue weighted by atomic mass is 15.6. The predicted octanol–water partition coefficient (Wildman–Crippen LogP) is 0.569. The second-order valence-electron chi connectivity index (χ2n) is 3.29. The average molecular weight is 161 g/mol. The van der Waals surface area contributed by atoms with Gasteiger partial charge in [0.05, 0.1) is 18.0 Å². The number of hydrogen-bond acceptors (Lipinski definition) is 3. The maximum Gasteiger partial charge on any atom is 0.117 e. The zero-order valence-corrected chi connectivity index (χ0v) is 6.77. The van der Waals surface area contributed by atoms with E-state index in [1.54, 1.807) is 0 Å². The summed E-state index contributed by atoms with van der Waals surface area (Å²) in [5.74, 6) is 0. The quantitative estimate of drug-likeness (QED) is 0.653. The van der Waals surface area contributed by atoms with Crippen LogP contribution in [0.4, 0.5) is 11.4 Å². The molecule has 0 saturated carbocycles. The van der Waals surface area contributed by atoms with Crippen molar-refractivity contribution in [3.05, 3.63) is 24.3 Å².